The predicted molar refractivity (Wildman–Crippen MR) is 123 cm³/mol. The lowest BCUT2D eigenvalue weighted by atomic mass is 10.1. The van der Waals surface area contributed by atoms with Gasteiger partial charge in [0.15, 0.2) is 6.10 Å². The number of para-hydroxylation sites is 1. The van der Waals surface area contributed by atoms with Crippen LogP contribution in [-0.2, 0) is 14.8 Å². The second-order valence-corrected chi connectivity index (χ2v) is 10.2. The van der Waals surface area contributed by atoms with Crippen LogP contribution in [0.25, 0.3) is 0 Å². The molecule has 2 aromatic rings. The van der Waals surface area contributed by atoms with Crippen LogP contribution < -0.4 is 14.4 Å². The molecular formula is C22H24ClN3O5S. The Morgan fingerprint density at radius 1 is 1.09 bits per heavy atom. The van der Waals surface area contributed by atoms with Crippen LogP contribution in [0.2, 0.25) is 5.02 Å². The number of hydrogen-bond acceptors (Lipinski definition) is 5. The van der Waals surface area contributed by atoms with Crippen molar-refractivity contribution in [1.82, 2.24) is 4.90 Å². The summed E-state index contributed by atoms with van der Waals surface area (Å²) in [5.41, 5.74) is 1.04. The van der Waals surface area contributed by atoms with Crippen molar-refractivity contribution < 1.29 is 22.7 Å². The van der Waals surface area contributed by atoms with E-state index in [2.05, 4.69) is 5.32 Å². The van der Waals surface area contributed by atoms with Crippen molar-refractivity contribution >= 4 is 44.8 Å². The second-order valence-electron chi connectivity index (χ2n) is 7.90. The third kappa shape index (κ3) is 4.68. The Labute approximate surface area is 192 Å². The van der Waals surface area contributed by atoms with Crippen molar-refractivity contribution in [2.24, 2.45) is 0 Å². The highest BCUT2D eigenvalue weighted by atomic mass is 35.5. The van der Waals surface area contributed by atoms with Crippen LogP contribution in [0.15, 0.2) is 42.5 Å². The Morgan fingerprint density at radius 3 is 2.53 bits per heavy atom. The number of piperidine rings is 1. The molecule has 4 rings (SSSR count). The average Bonchev–Trinajstić information content (AvgIpc) is 2.78. The zero-order valence-electron chi connectivity index (χ0n) is 17.6. The first-order chi connectivity index (χ1) is 15.2. The summed E-state index contributed by atoms with van der Waals surface area (Å²) in [6, 6.07) is 11.4. The van der Waals surface area contributed by atoms with Gasteiger partial charge in [-0.25, -0.2) is 8.42 Å². The van der Waals surface area contributed by atoms with E-state index in [0.717, 1.165) is 29.8 Å². The number of halogens is 1. The smallest absolute Gasteiger partial charge is 0.267 e. The zero-order valence-corrected chi connectivity index (χ0v) is 19.2. The third-order valence-corrected chi connectivity index (χ3v) is 6.92. The molecule has 2 aromatic carbocycles. The number of fused-ring (bicyclic) bond motifs is 1. The normalized spacial score (nSPS) is 18.5. The molecule has 1 N–H and O–H groups in total. The summed E-state index contributed by atoms with van der Waals surface area (Å²) >= 11 is 6.02. The van der Waals surface area contributed by atoms with Gasteiger partial charge >= 0.3 is 0 Å². The van der Waals surface area contributed by atoms with Gasteiger partial charge in [-0.1, -0.05) is 23.7 Å². The van der Waals surface area contributed by atoms with Gasteiger partial charge in [0.2, 0.25) is 10.0 Å². The number of anilines is 2. The predicted octanol–water partition coefficient (Wildman–Crippen LogP) is 3.13. The molecule has 1 saturated heterocycles. The fraction of sp³-hybridized carbons (Fsp3) is 0.364. The molecule has 0 radical (unpaired) electrons. The van der Waals surface area contributed by atoms with Crippen molar-refractivity contribution in [1.29, 1.82) is 0 Å². The van der Waals surface area contributed by atoms with E-state index >= 15 is 0 Å². The molecule has 0 aliphatic carbocycles. The van der Waals surface area contributed by atoms with Crippen LogP contribution in [0.1, 0.15) is 29.6 Å². The number of benzene rings is 2. The highest BCUT2D eigenvalue weighted by Crippen LogP contribution is 2.37. The number of sulfonamides is 1. The zero-order chi connectivity index (χ0) is 22.9. The number of nitrogens with one attached hydrogen (secondary N) is 1. The fourth-order valence-corrected chi connectivity index (χ4v) is 5.01. The number of nitrogens with zero attached hydrogens (tertiary/aromatic N) is 2. The Kier molecular flexibility index (Phi) is 6.30. The quantitative estimate of drug-likeness (QED) is 0.729. The summed E-state index contributed by atoms with van der Waals surface area (Å²) in [7, 11) is -3.68. The van der Waals surface area contributed by atoms with Crippen LogP contribution in [-0.4, -0.2) is 57.1 Å². The molecule has 32 heavy (non-hydrogen) atoms. The SMILES string of the molecule is CS(=O)(=O)N1C[C@@H](C(=O)Nc2ccccc2C(=O)N2CCCCC2)Oc2ccc(Cl)cc21. The van der Waals surface area contributed by atoms with Crippen molar-refractivity contribution in [2.45, 2.75) is 25.4 Å². The van der Waals surface area contributed by atoms with Gasteiger partial charge in [-0.05, 0) is 49.6 Å². The highest BCUT2D eigenvalue weighted by molar-refractivity contribution is 7.92. The van der Waals surface area contributed by atoms with Gasteiger partial charge < -0.3 is 15.0 Å². The van der Waals surface area contributed by atoms with E-state index in [1.54, 1.807) is 35.2 Å². The number of hydrogen-bond donors (Lipinski definition) is 1. The molecule has 2 aliphatic heterocycles. The van der Waals surface area contributed by atoms with E-state index < -0.39 is 22.0 Å². The van der Waals surface area contributed by atoms with Gasteiger partial charge in [0, 0.05) is 18.1 Å². The summed E-state index contributed by atoms with van der Waals surface area (Å²) in [5.74, 6) is -0.440. The highest BCUT2D eigenvalue weighted by Gasteiger charge is 2.35. The molecule has 0 saturated carbocycles. The first-order valence-electron chi connectivity index (χ1n) is 10.4. The van der Waals surface area contributed by atoms with Crippen LogP contribution in [0.5, 0.6) is 5.75 Å². The van der Waals surface area contributed by atoms with Crippen molar-refractivity contribution in [3.05, 3.63) is 53.1 Å². The molecule has 0 spiro atoms. The number of carbonyl (C=O) groups excluding carboxylic acids is 2. The lowest BCUT2D eigenvalue weighted by molar-refractivity contribution is -0.122. The Morgan fingerprint density at radius 2 is 1.81 bits per heavy atom. The lowest BCUT2D eigenvalue weighted by Gasteiger charge is -2.34. The van der Waals surface area contributed by atoms with Gasteiger partial charge in [0.25, 0.3) is 11.8 Å². The number of ether oxygens (including phenoxy) is 1. The minimum Gasteiger partial charge on any atom is -0.476 e. The first kappa shape index (κ1) is 22.4. The summed E-state index contributed by atoms with van der Waals surface area (Å²) in [4.78, 5) is 27.8. The minimum absolute atomic E-state index is 0.136. The monoisotopic (exact) mass is 477 g/mol. The topological polar surface area (TPSA) is 96.0 Å². The number of rotatable bonds is 4. The molecule has 0 unspecified atom stereocenters. The largest absolute Gasteiger partial charge is 0.476 e. The molecule has 0 aromatic heterocycles. The van der Waals surface area contributed by atoms with E-state index in [1.165, 1.54) is 12.1 Å². The molecular weight excluding hydrogens is 454 g/mol. The number of likely N-dealkylation sites (tertiary alicyclic amines) is 1. The molecule has 0 bridgehead atoms. The standard InChI is InChI=1S/C22H24ClN3O5S/c1-32(29,30)26-14-20(31-19-10-9-15(23)13-18(19)26)21(27)24-17-8-4-3-7-16(17)22(28)25-11-5-2-6-12-25/h3-4,7-10,13,20H,2,5-6,11-12,14H2,1H3,(H,24,27)/t20-/m0/s1. The Balaban J connectivity index is 1.57. The van der Waals surface area contributed by atoms with E-state index in [4.69, 9.17) is 16.3 Å². The molecule has 2 heterocycles. The minimum atomic E-state index is -3.68. The molecule has 1 fully saturated rings. The number of amides is 2. The lowest BCUT2D eigenvalue weighted by Crippen LogP contribution is -2.48. The van der Waals surface area contributed by atoms with E-state index in [1.807, 2.05) is 0 Å². The van der Waals surface area contributed by atoms with Gasteiger partial charge in [-0.2, -0.15) is 0 Å². The third-order valence-electron chi connectivity index (χ3n) is 5.54. The summed E-state index contributed by atoms with van der Waals surface area (Å²) in [6.07, 6.45) is 2.98. The molecule has 10 heteroatoms. The van der Waals surface area contributed by atoms with Crippen LogP contribution >= 0.6 is 11.6 Å². The van der Waals surface area contributed by atoms with Gasteiger partial charge in [0.1, 0.15) is 5.75 Å². The molecule has 170 valence electrons. The fourth-order valence-electron chi connectivity index (χ4n) is 3.93. The van der Waals surface area contributed by atoms with Crippen molar-refractivity contribution in [3.63, 3.8) is 0 Å². The maximum atomic E-state index is 13.1. The van der Waals surface area contributed by atoms with Gasteiger partial charge in [-0.3, -0.25) is 13.9 Å². The first-order valence-corrected chi connectivity index (χ1v) is 12.6. The van der Waals surface area contributed by atoms with Gasteiger partial charge in [0.05, 0.1) is 29.7 Å². The summed E-state index contributed by atoms with van der Waals surface area (Å²) in [6.45, 7) is 1.17. The maximum absolute atomic E-state index is 13.1. The van der Waals surface area contributed by atoms with Crippen LogP contribution in [0.3, 0.4) is 0 Å². The second kappa shape index (κ2) is 8.99. The van der Waals surface area contributed by atoms with E-state index in [-0.39, 0.29) is 23.9 Å². The van der Waals surface area contributed by atoms with Crippen molar-refractivity contribution in [2.75, 3.05) is 35.5 Å². The molecule has 8 nitrogen and oxygen atoms in total. The van der Waals surface area contributed by atoms with E-state index in [0.29, 0.717) is 29.4 Å². The average molecular weight is 478 g/mol. The molecule has 2 aliphatic rings. The Hall–Kier alpha value is -2.78. The molecule has 2 amide bonds. The van der Waals surface area contributed by atoms with Crippen molar-refractivity contribution in [3.8, 4) is 5.75 Å². The summed E-state index contributed by atoms with van der Waals surface area (Å²) in [5, 5.41) is 3.11. The van der Waals surface area contributed by atoms with E-state index in [9.17, 15) is 18.0 Å². The summed E-state index contributed by atoms with van der Waals surface area (Å²) < 4.78 is 31.6. The Bertz CT molecular complexity index is 1150. The molecule has 1 atom stereocenters. The van der Waals surface area contributed by atoms with Crippen LogP contribution in [0, 0.1) is 0 Å². The maximum Gasteiger partial charge on any atom is 0.267 e. The number of carbonyl (C=O) groups is 2. The van der Waals surface area contributed by atoms with Gasteiger partial charge in [-0.15, -0.1) is 0 Å². The van der Waals surface area contributed by atoms with Crippen LogP contribution in [0.4, 0.5) is 11.4 Å².